The van der Waals surface area contributed by atoms with Crippen molar-refractivity contribution in [3.63, 3.8) is 0 Å². The maximum Gasteiger partial charge on any atom is 0.254 e. The summed E-state index contributed by atoms with van der Waals surface area (Å²) in [5.41, 5.74) is 1.75. The second-order valence-corrected chi connectivity index (χ2v) is 7.32. The van der Waals surface area contributed by atoms with Crippen LogP contribution in [0.4, 0.5) is 0 Å². The van der Waals surface area contributed by atoms with E-state index in [0.29, 0.717) is 13.1 Å². The minimum Gasteiger partial charge on any atom is -0.361 e. The Hall–Kier alpha value is -1.59. The van der Waals surface area contributed by atoms with Crippen molar-refractivity contribution in [3.05, 3.63) is 56.8 Å². The Bertz CT molecular complexity index is 777. The van der Waals surface area contributed by atoms with Crippen molar-refractivity contribution in [2.24, 2.45) is 0 Å². The van der Waals surface area contributed by atoms with Crippen LogP contribution in [-0.2, 0) is 6.54 Å². The van der Waals surface area contributed by atoms with Crippen molar-refractivity contribution in [2.75, 3.05) is 6.54 Å². The molecule has 0 spiro atoms. The summed E-state index contributed by atoms with van der Waals surface area (Å²) in [5.74, 6) is 0.0761. The molecule has 0 atom stereocenters. The van der Waals surface area contributed by atoms with Crippen LogP contribution in [0.1, 0.15) is 22.2 Å². The van der Waals surface area contributed by atoms with E-state index in [0.717, 1.165) is 20.3 Å². The Balaban J connectivity index is 1.90. The van der Waals surface area contributed by atoms with E-state index in [1.165, 1.54) is 4.88 Å². The number of amides is 1. The van der Waals surface area contributed by atoms with Crippen molar-refractivity contribution >= 4 is 44.1 Å². The number of rotatable bonds is 4. The first-order valence-corrected chi connectivity index (χ1v) is 8.39. The predicted octanol–water partition coefficient (Wildman–Crippen LogP) is 4.65. The minimum absolute atomic E-state index is 0.0761. The van der Waals surface area contributed by atoms with Crippen LogP contribution in [0, 0.1) is 0 Å². The summed E-state index contributed by atoms with van der Waals surface area (Å²) in [6, 6.07) is 11.8. The highest BCUT2D eigenvalue weighted by atomic mass is 79.9. The number of halogens is 1. The summed E-state index contributed by atoms with van der Waals surface area (Å²) in [6.45, 7) is 3.35. The fraction of sp³-hybridized carbons (Fsp3) is 0.188. The van der Waals surface area contributed by atoms with Crippen LogP contribution in [0.5, 0.6) is 0 Å². The molecule has 1 N–H and O–H groups in total. The van der Waals surface area contributed by atoms with Gasteiger partial charge >= 0.3 is 0 Å². The van der Waals surface area contributed by atoms with Gasteiger partial charge in [-0.3, -0.25) is 4.79 Å². The number of hydrogen-bond donors (Lipinski definition) is 1. The molecule has 108 valence electrons. The molecule has 0 aliphatic heterocycles. The number of aromatic nitrogens is 1. The number of hydrogen-bond acceptors (Lipinski definition) is 2. The Morgan fingerprint density at radius 1 is 1.29 bits per heavy atom. The third kappa shape index (κ3) is 2.89. The Labute approximate surface area is 135 Å². The van der Waals surface area contributed by atoms with Gasteiger partial charge in [-0.2, -0.15) is 0 Å². The van der Waals surface area contributed by atoms with Gasteiger partial charge in [0.15, 0.2) is 0 Å². The van der Waals surface area contributed by atoms with Gasteiger partial charge in [0.25, 0.3) is 5.91 Å². The van der Waals surface area contributed by atoms with Gasteiger partial charge in [-0.05, 0) is 53.2 Å². The number of carbonyl (C=O) groups is 1. The van der Waals surface area contributed by atoms with Gasteiger partial charge in [0.2, 0.25) is 0 Å². The molecule has 2 heterocycles. The van der Waals surface area contributed by atoms with Crippen LogP contribution in [0.25, 0.3) is 10.9 Å². The van der Waals surface area contributed by atoms with E-state index >= 15 is 0 Å². The highest BCUT2D eigenvalue weighted by Crippen LogP contribution is 2.25. The molecule has 0 saturated heterocycles. The van der Waals surface area contributed by atoms with Crippen molar-refractivity contribution in [1.82, 2.24) is 9.88 Å². The van der Waals surface area contributed by atoms with E-state index in [4.69, 9.17) is 0 Å². The lowest BCUT2D eigenvalue weighted by atomic mass is 10.1. The first-order chi connectivity index (χ1) is 10.2. The molecule has 0 unspecified atom stereocenters. The summed E-state index contributed by atoms with van der Waals surface area (Å²) >= 11 is 5.13. The van der Waals surface area contributed by atoms with Gasteiger partial charge in [-0.25, -0.2) is 0 Å². The van der Waals surface area contributed by atoms with E-state index in [1.807, 2.05) is 48.4 Å². The second kappa shape index (κ2) is 6.03. The molecule has 2 aromatic heterocycles. The molecule has 3 nitrogen and oxygen atoms in total. The number of carbonyl (C=O) groups excluding carboxylic acids is 1. The van der Waals surface area contributed by atoms with Crippen LogP contribution in [0.15, 0.2) is 46.4 Å². The average molecular weight is 363 g/mol. The van der Waals surface area contributed by atoms with Crippen LogP contribution < -0.4 is 0 Å². The van der Waals surface area contributed by atoms with Gasteiger partial charge in [-0.1, -0.05) is 6.07 Å². The molecule has 21 heavy (non-hydrogen) atoms. The van der Waals surface area contributed by atoms with Crippen LogP contribution >= 0.6 is 27.3 Å². The lowest BCUT2D eigenvalue weighted by Crippen LogP contribution is -2.30. The standard InChI is InChI=1S/C16H15BrN2OS/c1-2-19(10-11-6-7-15(17)21-11)16(20)13-4-3-5-14-12(13)8-9-18-14/h3-9,18H,2,10H2,1H3. The van der Waals surface area contributed by atoms with Crippen LogP contribution in [-0.4, -0.2) is 22.3 Å². The van der Waals surface area contributed by atoms with Crippen molar-refractivity contribution in [2.45, 2.75) is 13.5 Å². The second-order valence-electron chi connectivity index (χ2n) is 4.77. The zero-order valence-corrected chi connectivity index (χ0v) is 14.0. The topological polar surface area (TPSA) is 36.1 Å². The third-order valence-corrected chi connectivity index (χ3v) is 5.08. The lowest BCUT2D eigenvalue weighted by Gasteiger charge is -2.20. The van der Waals surface area contributed by atoms with Crippen molar-refractivity contribution in [3.8, 4) is 0 Å². The average Bonchev–Trinajstić information content (AvgIpc) is 3.12. The van der Waals surface area contributed by atoms with Gasteiger partial charge < -0.3 is 9.88 Å². The quantitative estimate of drug-likeness (QED) is 0.719. The molecule has 1 aromatic carbocycles. The number of aromatic amines is 1. The zero-order chi connectivity index (χ0) is 14.8. The Kier molecular flexibility index (Phi) is 4.12. The molecule has 0 aliphatic rings. The fourth-order valence-electron chi connectivity index (χ4n) is 2.39. The van der Waals surface area contributed by atoms with E-state index in [-0.39, 0.29) is 5.91 Å². The highest BCUT2D eigenvalue weighted by Gasteiger charge is 2.17. The van der Waals surface area contributed by atoms with Gasteiger partial charge in [0.1, 0.15) is 0 Å². The smallest absolute Gasteiger partial charge is 0.254 e. The lowest BCUT2D eigenvalue weighted by molar-refractivity contribution is 0.0756. The van der Waals surface area contributed by atoms with E-state index < -0.39 is 0 Å². The van der Waals surface area contributed by atoms with E-state index in [2.05, 4.69) is 27.0 Å². The van der Waals surface area contributed by atoms with Gasteiger partial charge in [0.05, 0.1) is 10.3 Å². The number of thiophene rings is 1. The summed E-state index contributed by atoms with van der Waals surface area (Å²) in [7, 11) is 0. The molecule has 0 saturated carbocycles. The molecule has 0 bridgehead atoms. The van der Waals surface area contributed by atoms with E-state index in [1.54, 1.807) is 11.3 Å². The first-order valence-electron chi connectivity index (χ1n) is 6.78. The molecule has 0 aliphatic carbocycles. The number of benzene rings is 1. The summed E-state index contributed by atoms with van der Waals surface area (Å²) in [6.07, 6.45) is 1.87. The molecule has 5 heteroatoms. The van der Waals surface area contributed by atoms with Crippen molar-refractivity contribution < 1.29 is 4.79 Å². The number of nitrogens with zero attached hydrogens (tertiary/aromatic N) is 1. The number of H-pyrrole nitrogens is 1. The predicted molar refractivity (Wildman–Crippen MR) is 90.7 cm³/mol. The fourth-order valence-corrected chi connectivity index (χ4v) is 3.89. The summed E-state index contributed by atoms with van der Waals surface area (Å²) in [5, 5.41) is 0.980. The molecular weight excluding hydrogens is 348 g/mol. The Morgan fingerprint density at radius 3 is 2.86 bits per heavy atom. The first kappa shape index (κ1) is 14.4. The minimum atomic E-state index is 0.0761. The maximum absolute atomic E-state index is 12.8. The zero-order valence-electron chi connectivity index (χ0n) is 11.6. The van der Waals surface area contributed by atoms with Crippen molar-refractivity contribution in [1.29, 1.82) is 0 Å². The molecule has 0 radical (unpaired) electrons. The molecular formula is C16H15BrN2OS. The maximum atomic E-state index is 12.8. The monoisotopic (exact) mass is 362 g/mol. The molecule has 1 amide bonds. The number of fused-ring (bicyclic) bond motifs is 1. The van der Waals surface area contributed by atoms with Gasteiger partial charge in [-0.15, -0.1) is 11.3 Å². The third-order valence-electron chi connectivity index (χ3n) is 3.47. The normalized spacial score (nSPS) is 11.0. The summed E-state index contributed by atoms with van der Waals surface area (Å²) in [4.78, 5) is 19.0. The highest BCUT2D eigenvalue weighted by molar-refractivity contribution is 9.11. The molecule has 3 aromatic rings. The van der Waals surface area contributed by atoms with Gasteiger partial charge in [0, 0.05) is 34.1 Å². The SMILES string of the molecule is CCN(Cc1ccc(Br)s1)C(=O)c1cccc2[nH]ccc12. The van der Waals surface area contributed by atoms with E-state index in [9.17, 15) is 4.79 Å². The van der Waals surface area contributed by atoms with Crippen LogP contribution in [0.2, 0.25) is 0 Å². The largest absolute Gasteiger partial charge is 0.361 e. The molecule has 3 rings (SSSR count). The number of nitrogens with one attached hydrogen (secondary N) is 1. The Morgan fingerprint density at radius 2 is 2.14 bits per heavy atom. The molecule has 0 fully saturated rings. The van der Waals surface area contributed by atoms with Crippen LogP contribution in [0.3, 0.4) is 0 Å². The summed E-state index contributed by atoms with van der Waals surface area (Å²) < 4.78 is 1.09.